The Morgan fingerprint density at radius 3 is 1.76 bits per heavy atom. The molecule has 4 heteroatoms. The molecule has 0 heterocycles. The summed E-state index contributed by atoms with van der Waals surface area (Å²) < 4.78 is 5.86. The molecule has 21 heavy (non-hydrogen) atoms. The minimum atomic E-state index is -0.529. The fraction of sp³-hybridized carbons (Fsp3) is 0.941. The first-order valence-corrected chi connectivity index (χ1v) is 7.92. The molecule has 0 radical (unpaired) electrons. The summed E-state index contributed by atoms with van der Waals surface area (Å²) in [6, 6.07) is 0. The van der Waals surface area contributed by atoms with Crippen molar-refractivity contribution in [1.29, 1.82) is 0 Å². The Hall–Kier alpha value is -0.610. The fourth-order valence-corrected chi connectivity index (χ4v) is 1.68. The lowest BCUT2D eigenvalue weighted by molar-refractivity contribution is -0.130. The van der Waals surface area contributed by atoms with Crippen molar-refractivity contribution in [2.75, 3.05) is 6.61 Å². The lowest BCUT2D eigenvalue weighted by Crippen LogP contribution is -2.44. The van der Waals surface area contributed by atoms with Gasteiger partial charge in [-0.1, -0.05) is 41.0 Å². The Labute approximate surface area is 132 Å². The molecule has 128 valence electrons. The van der Waals surface area contributed by atoms with Crippen LogP contribution in [0.5, 0.6) is 0 Å². The molecule has 0 saturated heterocycles. The molecule has 0 rings (SSSR count). The number of ether oxygens (including phenoxy) is 1. The van der Waals surface area contributed by atoms with E-state index in [1.54, 1.807) is 0 Å². The van der Waals surface area contributed by atoms with Gasteiger partial charge in [-0.25, -0.2) is 0 Å². The third-order valence-corrected chi connectivity index (χ3v) is 3.50. The molecule has 0 spiro atoms. The second-order valence-electron chi connectivity index (χ2n) is 7.94. The van der Waals surface area contributed by atoms with Crippen LogP contribution < -0.4 is 11.5 Å². The van der Waals surface area contributed by atoms with Crippen LogP contribution in [0.2, 0.25) is 0 Å². The highest BCUT2D eigenvalue weighted by Crippen LogP contribution is 2.34. The van der Waals surface area contributed by atoms with Gasteiger partial charge in [0.25, 0.3) is 0 Å². The van der Waals surface area contributed by atoms with Crippen LogP contribution in [-0.4, -0.2) is 23.7 Å². The van der Waals surface area contributed by atoms with Crippen molar-refractivity contribution in [2.45, 2.75) is 86.3 Å². The van der Waals surface area contributed by atoms with Crippen LogP contribution >= 0.6 is 0 Å². The van der Waals surface area contributed by atoms with Gasteiger partial charge < -0.3 is 16.2 Å². The molecule has 0 aromatic rings. The van der Waals surface area contributed by atoms with E-state index in [1.807, 2.05) is 48.5 Å². The Morgan fingerprint density at radius 1 is 1.10 bits per heavy atom. The van der Waals surface area contributed by atoms with Crippen molar-refractivity contribution in [3.8, 4) is 0 Å². The number of hydrogen-bond acceptors (Lipinski definition) is 3. The molecule has 4 N–H and O–H groups in total. The zero-order valence-electron chi connectivity index (χ0n) is 15.7. The summed E-state index contributed by atoms with van der Waals surface area (Å²) in [6.45, 7) is 18.4. The molecule has 0 bridgehead atoms. The standard InChI is InChI=1S/C14H30N2O2.C3H8/c1-10(14(6,7)11(15)17)8-13(4,5)18-9-12(2,3)16;1-3-2/h10H,8-9,16H2,1-7H3,(H2,15,17);3H2,1-2H3. The average Bonchev–Trinajstić information content (AvgIpc) is 2.26. The van der Waals surface area contributed by atoms with Crippen molar-refractivity contribution in [3.63, 3.8) is 0 Å². The number of carbonyl (C=O) groups excluding carboxylic acids is 1. The van der Waals surface area contributed by atoms with Crippen molar-refractivity contribution >= 4 is 5.91 Å². The summed E-state index contributed by atoms with van der Waals surface area (Å²) in [5.41, 5.74) is 10.1. The molecule has 0 aliphatic heterocycles. The number of carbonyl (C=O) groups is 1. The number of rotatable bonds is 7. The highest BCUT2D eigenvalue weighted by Gasteiger charge is 2.36. The molecule has 0 aliphatic carbocycles. The van der Waals surface area contributed by atoms with Crippen LogP contribution in [0.15, 0.2) is 0 Å². The van der Waals surface area contributed by atoms with Crippen LogP contribution in [0.25, 0.3) is 0 Å². The average molecular weight is 303 g/mol. The molecule has 1 amide bonds. The van der Waals surface area contributed by atoms with E-state index in [0.717, 1.165) is 6.42 Å². The Kier molecular flexibility index (Phi) is 9.44. The summed E-state index contributed by atoms with van der Waals surface area (Å²) in [5, 5.41) is 0. The molecule has 1 atom stereocenters. The first-order chi connectivity index (χ1) is 9.19. The normalized spacial score (nSPS) is 14.2. The summed E-state index contributed by atoms with van der Waals surface area (Å²) in [7, 11) is 0. The molecule has 0 aromatic heterocycles. The predicted octanol–water partition coefficient (Wildman–Crippen LogP) is 3.47. The van der Waals surface area contributed by atoms with Crippen LogP contribution in [-0.2, 0) is 9.53 Å². The Balaban J connectivity index is 0. The van der Waals surface area contributed by atoms with E-state index >= 15 is 0 Å². The first-order valence-electron chi connectivity index (χ1n) is 7.92. The van der Waals surface area contributed by atoms with E-state index in [1.165, 1.54) is 6.42 Å². The third-order valence-electron chi connectivity index (χ3n) is 3.50. The highest BCUT2D eigenvalue weighted by molar-refractivity contribution is 5.80. The Bertz CT molecular complexity index is 304. The van der Waals surface area contributed by atoms with Crippen molar-refractivity contribution < 1.29 is 9.53 Å². The molecule has 1 unspecified atom stereocenters. The quantitative estimate of drug-likeness (QED) is 0.755. The third kappa shape index (κ3) is 10.7. The van der Waals surface area contributed by atoms with E-state index in [2.05, 4.69) is 13.8 Å². The largest absolute Gasteiger partial charge is 0.374 e. The smallest absolute Gasteiger partial charge is 0.223 e. The molecular weight excluding hydrogens is 264 g/mol. The second-order valence-corrected chi connectivity index (χ2v) is 7.94. The van der Waals surface area contributed by atoms with Crippen LogP contribution in [0.1, 0.15) is 75.2 Å². The van der Waals surface area contributed by atoms with Crippen molar-refractivity contribution in [1.82, 2.24) is 0 Å². The van der Waals surface area contributed by atoms with Gasteiger partial charge in [0.15, 0.2) is 0 Å². The number of nitrogens with two attached hydrogens (primary N) is 2. The minimum Gasteiger partial charge on any atom is -0.374 e. The lowest BCUT2D eigenvalue weighted by Gasteiger charge is -2.36. The van der Waals surface area contributed by atoms with Gasteiger partial charge in [0.1, 0.15) is 0 Å². The number of hydrogen-bond donors (Lipinski definition) is 2. The first kappa shape index (κ1) is 22.7. The molecule has 0 aromatic carbocycles. The van der Waals surface area contributed by atoms with E-state index in [9.17, 15) is 4.79 Å². The highest BCUT2D eigenvalue weighted by atomic mass is 16.5. The van der Waals surface area contributed by atoms with Gasteiger partial charge in [-0.2, -0.15) is 0 Å². The summed E-state index contributed by atoms with van der Waals surface area (Å²) in [5.74, 6) is -0.129. The van der Waals surface area contributed by atoms with Gasteiger partial charge >= 0.3 is 0 Å². The summed E-state index contributed by atoms with van der Waals surface area (Å²) >= 11 is 0. The maximum absolute atomic E-state index is 11.4. The van der Waals surface area contributed by atoms with Crippen LogP contribution in [0, 0.1) is 11.3 Å². The summed E-state index contributed by atoms with van der Waals surface area (Å²) in [6.07, 6.45) is 2.01. The summed E-state index contributed by atoms with van der Waals surface area (Å²) in [4.78, 5) is 11.4. The molecular formula is C17H38N2O2. The van der Waals surface area contributed by atoms with Crippen LogP contribution in [0.4, 0.5) is 0 Å². The molecule has 4 nitrogen and oxygen atoms in total. The maximum Gasteiger partial charge on any atom is 0.223 e. The van der Waals surface area contributed by atoms with Crippen molar-refractivity contribution in [3.05, 3.63) is 0 Å². The maximum atomic E-state index is 11.4. The predicted molar refractivity (Wildman–Crippen MR) is 91.0 cm³/mol. The van der Waals surface area contributed by atoms with E-state index in [-0.39, 0.29) is 23.0 Å². The van der Waals surface area contributed by atoms with E-state index in [4.69, 9.17) is 16.2 Å². The lowest BCUT2D eigenvalue weighted by atomic mass is 9.74. The minimum absolute atomic E-state index is 0.144. The Morgan fingerprint density at radius 2 is 1.48 bits per heavy atom. The van der Waals surface area contributed by atoms with Gasteiger partial charge in [-0.05, 0) is 40.0 Å². The van der Waals surface area contributed by atoms with Gasteiger partial charge in [-0.3, -0.25) is 4.79 Å². The zero-order valence-corrected chi connectivity index (χ0v) is 15.7. The SMILES string of the molecule is CC(CC(C)(C)OCC(C)(C)N)C(C)(C)C(N)=O.CCC. The second kappa shape index (κ2) is 8.74. The van der Waals surface area contributed by atoms with Crippen LogP contribution in [0.3, 0.4) is 0 Å². The monoisotopic (exact) mass is 302 g/mol. The fourth-order valence-electron chi connectivity index (χ4n) is 1.68. The zero-order chi connectivity index (χ0) is 17.5. The van der Waals surface area contributed by atoms with Gasteiger partial charge in [0, 0.05) is 11.0 Å². The van der Waals surface area contributed by atoms with Gasteiger partial charge in [0.05, 0.1) is 12.2 Å². The van der Waals surface area contributed by atoms with Crippen molar-refractivity contribution in [2.24, 2.45) is 22.8 Å². The topological polar surface area (TPSA) is 78.3 Å². The number of primary amides is 1. The van der Waals surface area contributed by atoms with Gasteiger partial charge in [0.2, 0.25) is 5.91 Å². The molecule has 0 saturated carbocycles. The van der Waals surface area contributed by atoms with Gasteiger partial charge in [-0.15, -0.1) is 0 Å². The van der Waals surface area contributed by atoms with E-state index in [0.29, 0.717) is 6.61 Å². The van der Waals surface area contributed by atoms with E-state index < -0.39 is 5.41 Å². The molecule has 0 aliphatic rings. The molecule has 0 fully saturated rings. The number of amides is 1.